The summed E-state index contributed by atoms with van der Waals surface area (Å²) in [6.45, 7) is 4.06. The van der Waals surface area contributed by atoms with E-state index in [2.05, 4.69) is 0 Å². The normalized spacial score (nSPS) is 10.9. The van der Waals surface area contributed by atoms with Crippen LogP contribution in [0.3, 0.4) is 0 Å². The zero-order valence-corrected chi connectivity index (χ0v) is 10.2. The van der Waals surface area contributed by atoms with Crippen LogP contribution in [0.25, 0.3) is 0 Å². The van der Waals surface area contributed by atoms with Crippen molar-refractivity contribution in [2.24, 2.45) is 5.41 Å². The van der Waals surface area contributed by atoms with Gasteiger partial charge >= 0.3 is 10.9 Å². The molecule has 0 spiro atoms. The fraction of sp³-hybridized carbons (Fsp3) is 0.778. The fourth-order valence-electron chi connectivity index (χ4n) is 1.12. The Morgan fingerprint density at radius 3 is 1.53 bits per heavy atom. The van der Waals surface area contributed by atoms with Gasteiger partial charge in [-0.25, -0.2) is 9.59 Å². The van der Waals surface area contributed by atoms with Crippen LogP contribution in [0.15, 0.2) is 0 Å². The van der Waals surface area contributed by atoms with Gasteiger partial charge in [0, 0.05) is 28.6 Å². The van der Waals surface area contributed by atoms with Gasteiger partial charge in [0.2, 0.25) is 0 Å². The zero-order valence-electron chi connectivity index (χ0n) is 8.72. The minimum atomic E-state index is -0.863. The van der Waals surface area contributed by atoms with Crippen LogP contribution in [0, 0.1) is 5.41 Å². The smallest absolute Gasteiger partial charge is 0.403 e. The second-order valence-electron chi connectivity index (χ2n) is 3.26. The summed E-state index contributed by atoms with van der Waals surface area (Å²) < 4.78 is 9.43. The molecule has 0 amide bonds. The van der Waals surface area contributed by atoms with Crippen LogP contribution in [0.4, 0.5) is 9.59 Å². The molecule has 0 bridgehead atoms. The molecule has 4 nitrogen and oxygen atoms in total. The minimum absolute atomic E-state index is 0.118. The van der Waals surface area contributed by atoms with E-state index in [4.69, 9.17) is 32.7 Å². The molecule has 0 saturated carbocycles. The van der Waals surface area contributed by atoms with Crippen molar-refractivity contribution in [2.45, 2.75) is 26.7 Å². The van der Waals surface area contributed by atoms with Crippen LogP contribution in [0.1, 0.15) is 26.7 Å². The van der Waals surface area contributed by atoms with Gasteiger partial charge in [-0.05, 0) is 12.8 Å². The van der Waals surface area contributed by atoms with Crippen molar-refractivity contribution in [1.82, 2.24) is 0 Å². The highest BCUT2D eigenvalue weighted by molar-refractivity contribution is 6.61. The summed E-state index contributed by atoms with van der Waals surface area (Å²) >= 11 is 10.1. The molecule has 0 aromatic rings. The summed E-state index contributed by atoms with van der Waals surface area (Å²) in [4.78, 5) is 20.9. The summed E-state index contributed by atoms with van der Waals surface area (Å²) in [5.74, 6) is 0. The van der Waals surface area contributed by atoms with Gasteiger partial charge in [0.1, 0.15) is 13.2 Å². The van der Waals surface area contributed by atoms with Crippen molar-refractivity contribution < 1.29 is 19.1 Å². The van der Waals surface area contributed by atoms with Gasteiger partial charge in [-0.15, -0.1) is 0 Å². The second kappa shape index (κ2) is 6.90. The van der Waals surface area contributed by atoms with E-state index in [9.17, 15) is 9.59 Å². The Hall–Kier alpha value is -0.480. The van der Waals surface area contributed by atoms with Crippen LogP contribution in [0.2, 0.25) is 0 Å². The van der Waals surface area contributed by atoms with E-state index >= 15 is 0 Å². The van der Waals surface area contributed by atoms with Crippen molar-refractivity contribution in [3.63, 3.8) is 0 Å². The lowest BCUT2D eigenvalue weighted by Crippen LogP contribution is -2.32. The molecule has 0 aliphatic rings. The molecule has 0 aromatic heterocycles. The number of carbonyl (C=O) groups excluding carboxylic acids is 2. The van der Waals surface area contributed by atoms with E-state index < -0.39 is 16.3 Å². The first kappa shape index (κ1) is 14.5. The van der Waals surface area contributed by atoms with Gasteiger partial charge in [0.15, 0.2) is 0 Å². The monoisotopic (exact) mass is 256 g/mol. The molecule has 88 valence electrons. The third kappa shape index (κ3) is 5.85. The third-order valence-electron chi connectivity index (χ3n) is 2.48. The van der Waals surface area contributed by atoms with Gasteiger partial charge in [-0.3, -0.25) is 0 Å². The molecule has 0 aliphatic heterocycles. The largest absolute Gasteiger partial charge is 0.453 e. The SMILES string of the molecule is CCC(CC)(COC(=O)Cl)COC(=O)Cl. The van der Waals surface area contributed by atoms with Gasteiger partial charge in [0.25, 0.3) is 0 Å². The van der Waals surface area contributed by atoms with E-state index in [1.165, 1.54) is 0 Å². The Balaban J connectivity index is 4.29. The lowest BCUT2D eigenvalue weighted by Gasteiger charge is -2.29. The maximum Gasteiger partial charge on any atom is 0.403 e. The predicted molar refractivity (Wildman–Crippen MR) is 57.4 cm³/mol. The van der Waals surface area contributed by atoms with E-state index in [1.54, 1.807) is 0 Å². The van der Waals surface area contributed by atoms with Gasteiger partial charge in [0.05, 0.1) is 0 Å². The molecular weight excluding hydrogens is 243 g/mol. The molecule has 0 saturated heterocycles. The molecule has 0 fully saturated rings. The molecule has 15 heavy (non-hydrogen) atoms. The van der Waals surface area contributed by atoms with E-state index in [-0.39, 0.29) is 13.2 Å². The molecule has 0 N–H and O–H groups in total. The molecule has 0 rings (SSSR count). The van der Waals surface area contributed by atoms with Crippen LogP contribution in [-0.4, -0.2) is 24.1 Å². The van der Waals surface area contributed by atoms with Crippen molar-refractivity contribution >= 4 is 34.1 Å². The first-order valence-electron chi connectivity index (χ1n) is 4.60. The molecule has 0 atom stereocenters. The van der Waals surface area contributed by atoms with Crippen molar-refractivity contribution in [2.75, 3.05) is 13.2 Å². The van der Waals surface area contributed by atoms with Crippen molar-refractivity contribution in [3.05, 3.63) is 0 Å². The summed E-state index contributed by atoms with van der Waals surface area (Å²) in [7, 11) is 0. The number of hydrogen-bond acceptors (Lipinski definition) is 4. The molecule has 0 aliphatic carbocycles. The molecule has 0 aromatic carbocycles. The lowest BCUT2D eigenvalue weighted by atomic mass is 9.84. The fourth-order valence-corrected chi connectivity index (χ4v) is 1.23. The maximum atomic E-state index is 10.5. The van der Waals surface area contributed by atoms with Gasteiger partial charge in [-0.2, -0.15) is 0 Å². The van der Waals surface area contributed by atoms with E-state index in [1.807, 2.05) is 13.8 Å². The minimum Gasteiger partial charge on any atom is -0.453 e. The topological polar surface area (TPSA) is 52.6 Å². The predicted octanol–water partition coefficient (Wildman–Crippen LogP) is 3.54. The quantitative estimate of drug-likeness (QED) is 0.683. The van der Waals surface area contributed by atoms with Crippen LogP contribution in [0.5, 0.6) is 0 Å². The Labute approximate surface area is 98.8 Å². The summed E-state index contributed by atoms with van der Waals surface area (Å²) in [6, 6.07) is 0. The van der Waals surface area contributed by atoms with Crippen molar-refractivity contribution in [1.29, 1.82) is 0 Å². The molecular formula is C9H14Cl2O4. The number of halogens is 2. The molecule has 0 radical (unpaired) electrons. The first-order chi connectivity index (χ1) is 6.95. The Morgan fingerprint density at radius 1 is 1.00 bits per heavy atom. The van der Waals surface area contributed by atoms with Gasteiger partial charge < -0.3 is 9.47 Å². The molecule has 6 heteroatoms. The second-order valence-corrected chi connectivity index (χ2v) is 3.88. The average Bonchev–Trinajstić information content (AvgIpc) is 2.19. The molecule has 0 heterocycles. The highest BCUT2D eigenvalue weighted by Crippen LogP contribution is 2.27. The Kier molecular flexibility index (Phi) is 6.68. The van der Waals surface area contributed by atoms with Crippen LogP contribution in [-0.2, 0) is 9.47 Å². The van der Waals surface area contributed by atoms with E-state index in [0.717, 1.165) is 0 Å². The van der Waals surface area contributed by atoms with E-state index in [0.29, 0.717) is 12.8 Å². The maximum absolute atomic E-state index is 10.5. The van der Waals surface area contributed by atoms with Gasteiger partial charge in [-0.1, -0.05) is 13.8 Å². The third-order valence-corrected chi connectivity index (χ3v) is 2.70. The average molecular weight is 257 g/mol. The van der Waals surface area contributed by atoms with Crippen molar-refractivity contribution in [3.8, 4) is 0 Å². The number of hydrogen-bond donors (Lipinski definition) is 0. The summed E-state index contributed by atoms with van der Waals surface area (Å²) in [5.41, 5.74) is -2.13. The molecule has 0 unspecified atom stereocenters. The number of ether oxygens (including phenoxy) is 2. The van der Waals surface area contributed by atoms with Crippen LogP contribution < -0.4 is 0 Å². The highest BCUT2D eigenvalue weighted by Gasteiger charge is 2.29. The lowest BCUT2D eigenvalue weighted by molar-refractivity contribution is 0.0349. The highest BCUT2D eigenvalue weighted by atomic mass is 35.5. The summed E-state index contributed by atoms with van der Waals surface area (Å²) in [6.07, 6.45) is 1.38. The van der Waals surface area contributed by atoms with Crippen LogP contribution >= 0.6 is 23.2 Å². The Morgan fingerprint density at radius 2 is 1.33 bits per heavy atom. The standard InChI is InChI=1S/C9H14Cl2O4/c1-3-9(4-2,5-14-7(10)12)6-15-8(11)13/h3-6H2,1-2H3. The number of rotatable bonds is 6. The Bertz CT molecular complexity index is 206. The zero-order chi connectivity index (χ0) is 11.9. The number of carbonyl (C=O) groups is 2. The summed E-state index contributed by atoms with van der Waals surface area (Å²) in [5, 5.41) is 0. The first-order valence-corrected chi connectivity index (χ1v) is 5.36.